The Hall–Kier alpha value is -1.40. The first-order valence-corrected chi connectivity index (χ1v) is 5.72. The Labute approximate surface area is 99.7 Å². The summed E-state index contributed by atoms with van der Waals surface area (Å²) >= 11 is 0. The number of nitrogens with zero attached hydrogens (tertiary/aromatic N) is 2. The summed E-state index contributed by atoms with van der Waals surface area (Å²) in [5.41, 5.74) is 5.97. The smallest absolute Gasteiger partial charge is 0.276 e. The third kappa shape index (κ3) is 2.48. The molecule has 2 N–H and O–H groups in total. The molecule has 0 spiro atoms. The standard InChI is InChI=1S/C11H17N3O3/c1-16-7-9-5-10(13-17-9)11(15)14-4-2-3-8(14)6-12/h5,8H,2-4,6-7,12H2,1H3. The predicted octanol–water partition coefficient (Wildman–Crippen LogP) is 0.384. The first kappa shape index (κ1) is 12.1. The van der Waals surface area contributed by atoms with Gasteiger partial charge in [0.05, 0.1) is 0 Å². The van der Waals surface area contributed by atoms with Crippen LogP contribution >= 0.6 is 0 Å². The third-order valence-electron chi connectivity index (χ3n) is 2.97. The van der Waals surface area contributed by atoms with Gasteiger partial charge in [-0.15, -0.1) is 0 Å². The number of ether oxygens (including phenoxy) is 1. The molecule has 0 radical (unpaired) electrons. The van der Waals surface area contributed by atoms with Gasteiger partial charge >= 0.3 is 0 Å². The summed E-state index contributed by atoms with van der Waals surface area (Å²) in [5, 5.41) is 3.76. The van der Waals surface area contributed by atoms with Crippen molar-refractivity contribution in [3.05, 3.63) is 17.5 Å². The number of hydrogen-bond acceptors (Lipinski definition) is 5. The molecule has 94 valence electrons. The summed E-state index contributed by atoms with van der Waals surface area (Å²) < 4.78 is 9.91. The molecule has 1 fully saturated rings. The van der Waals surface area contributed by atoms with E-state index in [9.17, 15) is 4.79 Å². The van der Waals surface area contributed by atoms with Crippen LogP contribution in [-0.2, 0) is 11.3 Å². The molecular formula is C11H17N3O3. The molecule has 1 unspecified atom stereocenters. The molecule has 1 atom stereocenters. The van der Waals surface area contributed by atoms with E-state index in [1.807, 2.05) is 0 Å². The Bertz CT molecular complexity index is 391. The van der Waals surface area contributed by atoms with E-state index < -0.39 is 0 Å². The monoisotopic (exact) mass is 239 g/mol. The quantitative estimate of drug-likeness (QED) is 0.821. The third-order valence-corrected chi connectivity index (χ3v) is 2.97. The van der Waals surface area contributed by atoms with Crippen LogP contribution in [0.25, 0.3) is 0 Å². The van der Waals surface area contributed by atoms with Gasteiger partial charge in [0.1, 0.15) is 6.61 Å². The van der Waals surface area contributed by atoms with Crippen LogP contribution in [0.4, 0.5) is 0 Å². The van der Waals surface area contributed by atoms with Crippen LogP contribution in [0.15, 0.2) is 10.6 Å². The van der Waals surface area contributed by atoms with Gasteiger partial charge in [0.25, 0.3) is 5.91 Å². The predicted molar refractivity (Wildman–Crippen MR) is 60.3 cm³/mol. The fraction of sp³-hybridized carbons (Fsp3) is 0.636. The number of carbonyl (C=O) groups excluding carboxylic acids is 1. The van der Waals surface area contributed by atoms with E-state index in [0.717, 1.165) is 19.4 Å². The molecule has 0 saturated carbocycles. The number of likely N-dealkylation sites (tertiary alicyclic amines) is 1. The summed E-state index contributed by atoms with van der Waals surface area (Å²) in [6, 6.07) is 1.75. The number of nitrogens with two attached hydrogens (primary N) is 1. The highest BCUT2D eigenvalue weighted by Crippen LogP contribution is 2.19. The van der Waals surface area contributed by atoms with Gasteiger partial charge in [0.2, 0.25) is 0 Å². The van der Waals surface area contributed by atoms with Gasteiger partial charge in [-0.1, -0.05) is 5.16 Å². The Morgan fingerprint density at radius 3 is 3.29 bits per heavy atom. The van der Waals surface area contributed by atoms with Crippen molar-refractivity contribution in [2.75, 3.05) is 20.2 Å². The lowest BCUT2D eigenvalue weighted by Crippen LogP contribution is -2.40. The first-order valence-electron chi connectivity index (χ1n) is 5.72. The fourth-order valence-corrected chi connectivity index (χ4v) is 2.12. The molecule has 2 heterocycles. The SMILES string of the molecule is COCc1cc(C(=O)N2CCCC2CN)no1. The van der Waals surface area contributed by atoms with E-state index >= 15 is 0 Å². The first-order chi connectivity index (χ1) is 8.26. The number of carbonyl (C=O) groups is 1. The van der Waals surface area contributed by atoms with E-state index in [2.05, 4.69) is 5.16 Å². The maximum atomic E-state index is 12.1. The number of methoxy groups -OCH3 is 1. The average Bonchev–Trinajstić information content (AvgIpc) is 2.96. The van der Waals surface area contributed by atoms with Crippen LogP contribution in [0.2, 0.25) is 0 Å². The van der Waals surface area contributed by atoms with Gasteiger partial charge < -0.3 is 19.9 Å². The van der Waals surface area contributed by atoms with Crippen molar-refractivity contribution in [3.8, 4) is 0 Å². The number of aromatic nitrogens is 1. The van der Waals surface area contributed by atoms with Crippen molar-refractivity contribution in [2.45, 2.75) is 25.5 Å². The molecule has 6 nitrogen and oxygen atoms in total. The number of rotatable bonds is 4. The summed E-state index contributed by atoms with van der Waals surface area (Å²) in [7, 11) is 1.56. The van der Waals surface area contributed by atoms with Gasteiger partial charge in [0, 0.05) is 32.3 Å². The van der Waals surface area contributed by atoms with E-state index in [-0.39, 0.29) is 11.9 Å². The molecule has 0 aliphatic carbocycles. The van der Waals surface area contributed by atoms with Crippen molar-refractivity contribution < 1.29 is 14.1 Å². The van der Waals surface area contributed by atoms with Gasteiger partial charge in [-0.3, -0.25) is 4.79 Å². The second-order valence-corrected chi connectivity index (χ2v) is 4.14. The van der Waals surface area contributed by atoms with Crippen LogP contribution in [0.3, 0.4) is 0 Å². The molecular weight excluding hydrogens is 222 g/mol. The van der Waals surface area contributed by atoms with Crippen LogP contribution in [-0.4, -0.2) is 42.2 Å². The Morgan fingerprint density at radius 2 is 2.59 bits per heavy atom. The number of amides is 1. The van der Waals surface area contributed by atoms with Crippen molar-refractivity contribution in [1.29, 1.82) is 0 Å². The minimum Gasteiger partial charge on any atom is -0.377 e. The maximum Gasteiger partial charge on any atom is 0.276 e. The number of hydrogen-bond donors (Lipinski definition) is 1. The molecule has 0 aromatic carbocycles. The Kier molecular flexibility index (Phi) is 3.75. The van der Waals surface area contributed by atoms with Crippen molar-refractivity contribution in [2.24, 2.45) is 5.73 Å². The molecule has 2 rings (SSSR count). The molecule has 1 aliphatic heterocycles. The van der Waals surface area contributed by atoms with Crippen LogP contribution in [0.1, 0.15) is 29.1 Å². The summed E-state index contributed by atoms with van der Waals surface area (Å²) in [6.45, 7) is 1.56. The summed E-state index contributed by atoms with van der Waals surface area (Å²) in [5.74, 6) is 0.448. The normalized spacial score (nSPS) is 19.9. The molecule has 1 aromatic rings. The van der Waals surface area contributed by atoms with E-state index in [1.54, 1.807) is 18.1 Å². The molecule has 1 saturated heterocycles. The van der Waals surface area contributed by atoms with Crippen molar-refractivity contribution in [3.63, 3.8) is 0 Å². The minimum atomic E-state index is -0.107. The fourth-order valence-electron chi connectivity index (χ4n) is 2.12. The Morgan fingerprint density at radius 1 is 1.76 bits per heavy atom. The lowest BCUT2D eigenvalue weighted by molar-refractivity contribution is 0.0730. The van der Waals surface area contributed by atoms with E-state index in [0.29, 0.717) is 24.6 Å². The second-order valence-electron chi connectivity index (χ2n) is 4.14. The van der Waals surface area contributed by atoms with Gasteiger partial charge in [-0.25, -0.2) is 0 Å². The highest BCUT2D eigenvalue weighted by atomic mass is 16.5. The molecule has 1 aromatic heterocycles. The van der Waals surface area contributed by atoms with Crippen LogP contribution in [0.5, 0.6) is 0 Å². The van der Waals surface area contributed by atoms with Crippen LogP contribution in [0, 0.1) is 0 Å². The van der Waals surface area contributed by atoms with Gasteiger partial charge in [-0.05, 0) is 12.8 Å². The zero-order chi connectivity index (χ0) is 12.3. The zero-order valence-electron chi connectivity index (χ0n) is 9.89. The molecule has 1 aliphatic rings. The molecule has 17 heavy (non-hydrogen) atoms. The van der Waals surface area contributed by atoms with E-state index in [4.69, 9.17) is 15.0 Å². The highest BCUT2D eigenvalue weighted by molar-refractivity contribution is 5.92. The largest absolute Gasteiger partial charge is 0.377 e. The second kappa shape index (κ2) is 5.29. The van der Waals surface area contributed by atoms with Gasteiger partial charge in [-0.2, -0.15) is 0 Å². The zero-order valence-corrected chi connectivity index (χ0v) is 9.89. The van der Waals surface area contributed by atoms with Crippen molar-refractivity contribution >= 4 is 5.91 Å². The summed E-state index contributed by atoms with van der Waals surface area (Å²) in [4.78, 5) is 13.9. The average molecular weight is 239 g/mol. The minimum absolute atomic E-state index is 0.107. The maximum absolute atomic E-state index is 12.1. The molecule has 1 amide bonds. The lowest BCUT2D eigenvalue weighted by Gasteiger charge is -2.21. The molecule has 0 bridgehead atoms. The van der Waals surface area contributed by atoms with E-state index in [1.165, 1.54) is 0 Å². The lowest BCUT2D eigenvalue weighted by atomic mass is 10.2. The van der Waals surface area contributed by atoms with Crippen LogP contribution < -0.4 is 5.73 Å². The summed E-state index contributed by atoms with van der Waals surface area (Å²) in [6.07, 6.45) is 1.96. The topological polar surface area (TPSA) is 81.6 Å². The highest BCUT2D eigenvalue weighted by Gasteiger charge is 2.30. The van der Waals surface area contributed by atoms with Gasteiger partial charge in [0.15, 0.2) is 11.5 Å². The Balaban J connectivity index is 2.07. The molecule has 6 heteroatoms. The van der Waals surface area contributed by atoms with Crippen molar-refractivity contribution in [1.82, 2.24) is 10.1 Å².